The molecule has 0 saturated heterocycles. The van der Waals surface area contributed by atoms with E-state index in [1.165, 1.54) is 18.6 Å². The van der Waals surface area contributed by atoms with Gasteiger partial charge in [-0.3, -0.25) is 9.59 Å². The van der Waals surface area contributed by atoms with E-state index in [2.05, 4.69) is 0 Å². The zero-order chi connectivity index (χ0) is 10.1. The van der Waals surface area contributed by atoms with Crippen LogP contribution in [-0.2, 0) is 4.74 Å². The normalized spacial score (nSPS) is 14.4. The standard InChI is InChI=1S/C10H6O4/c11-8-7(9(12)10(8)13)5-6-1-3-14-4-2-6/h1-5,11H. The van der Waals surface area contributed by atoms with Crippen LogP contribution in [-0.4, -0.2) is 5.11 Å². The highest BCUT2D eigenvalue weighted by Gasteiger charge is 2.17. The summed E-state index contributed by atoms with van der Waals surface area (Å²) in [6.45, 7) is 0. The topological polar surface area (TPSA) is 63.6 Å². The summed E-state index contributed by atoms with van der Waals surface area (Å²) in [7, 11) is 0. The third-order valence-corrected chi connectivity index (χ3v) is 1.91. The van der Waals surface area contributed by atoms with Crippen molar-refractivity contribution in [2.24, 2.45) is 0 Å². The van der Waals surface area contributed by atoms with Gasteiger partial charge in [0.05, 0.1) is 18.1 Å². The molecular weight excluding hydrogens is 184 g/mol. The first kappa shape index (κ1) is 8.50. The van der Waals surface area contributed by atoms with Crippen LogP contribution in [0.1, 0.15) is 5.56 Å². The summed E-state index contributed by atoms with van der Waals surface area (Å²) in [5, 5.41) is 9.06. The molecule has 0 amide bonds. The Morgan fingerprint density at radius 3 is 2.36 bits per heavy atom. The Balaban J connectivity index is 2.40. The van der Waals surface area contributed by atoms with Gasteiger partial charge in [-0.2, -0.15) is 0 Å². The zero-order valence-corrected chi connectivity index (χ0v) is 7.06. The van der Waals surface area contributed by atoms with Crippen LogP contribution in [0.2, 0.25) is 0 Å². The highest BCUT2D eigenvalue weighted by Crippen LogP contribution is 2.15. The van der Waals surface area contributed by atoms with Crippen molar-refractivity contribution in [2.45, 2.75) is 0 Å². The van der Waals surface area contributed by atoms with E-state index >= 15 is 0 Å². The molecule has 1 aliphatic heterocycles. The van der Waals surface area contributed by atoms with E-state index in [9.17, 15) is 9.59 Å². The van der Waals surface area contributed by atoms with Gasteiger partial charge in [0.2, 0.25) is 5.43 Å². The molecule has 0 unspecified atom stereocenters. The summed E-state index contributed by atoms with van der Waals surface area (Å²) in [6, 6.07) is 0. The number of hydrogen-bond acceptors (Lipinski definition) is 4. The van der Waals surface area contributed by atoms with Crippen LogP contribution in [0, 0.1) is 0 Å². The first-order valence-corrected chi connectivity index (χ1v) is 3.92. The number of aromatic hydroxyl groups is 1. The molecule has 0 bridgehead atoms. The van der Waals surface area contributed by atoms with Crippen molar-refractivity contribution in [3.05, 3.63) is 56.3 Å². The van der Waals surface area contributed by atoms with Crippen molar-refractivity contribution >= 4 is 6.08 Å². The fraction of sp³-hybridized carbons (Fsp3) is 0. The monoisotopic (exact) mass is 190 g/mol. The lowest BCUT2D eigenvalue weighted by molar-refractivity contribution is 0.398. The molecule has 1 aromatic rings. The van der Waals surface area contributed by atoms with E-state index < -0.39 is 16.6 Å². The molecule has 0 aromatic heterocycles. The summed E-state index contributed by atoms with van der Waals surface area (Å²) in [5.41, 5.74) is -0.722. The lowest BCUT2D eigenvalue weighted by atomic mass is 10.1. The Bertz CT molecular complexity index is 510. The molecule has 14 heavy (non-hydrogen) atoms. The largest absolute Gasteiger partial charge is 0.504 e. The van der Waals surface area contributed by atoms with Crippen molar-refractivity contribution in [3.8, 4) is 5.75 Å². The van der Waals surface area contributed by atoms with E-state index in [-0.39, 0.29) is 5.56 Å². The average Bonchev–Trinajstić information content (AvgIpc) is 2.26. The second-order valence-electron chi connectivity index (χ2n) is 2.81. The van der Waals surface area contributed by atoms with Crippen molar-refractivity contribution in [3.63, 3.8) is 0 Å². The van der Waals surface area contributed by atoms with Gasteiger partial charge >= 0.3 is 0 Å². The van der Waals surface area contributed by atoms with Crippen LogP contribution in [0.15, 0.2) is 39.8 Å². The Morgan fingerprint density at radius 2 is 1.79 bits per heavy atom. The Kier molecular flexibility index (Phi) is 1.81. The van der Waals surface area contributed by atoms with Gasteiger partial charge in [0, 0.05) is 0 Å². The summed E-state index contributed by atoms with van der Waals surface area (Å²) in [5.74, 6) is -0.462. The molecule has 1 aliphatic rings. The van der Waals surface area contributed by atoms with Crippen LogP contribution in [0.25, 0.3) is 6.08 Å². The lowest BCUT2D eigenvalue weighted by Crippen LogP contribution is -2.32. The van der Waals surface area contributed by atoms with Crippen LogP contribution in [0.4, 0.5) is 0 Å². The minimum atomic E-state index is -0.822. The predicted molar refractivity (Wildman–Crippen MR) is 50.4 cm³/mol. The van der Waals surface area contributed by atoms with E-state index in [0.717, 1.165) is 0 Å². The molecule has 0 radical (unpaired) electrons. The third-order valence-electron chi connectivity index (χ3n) is 1.91. The first-order valence-electron chi connectivity index (χ1n) is 3.92. The maximum absolute atomic E-state index is 11.0. The number of allylic oxidation sites excluding steroid dienone is 3. The van der Waals surface area contributed by atoms with Crippen molar-refractivity contribution < 1.29 is 9.84 Å². The van der Waals surface area contributed by atoms with E-state index in [1.807, 2.05) is 0 Å². The number of hydrogen-bond donors (Lipinski definition) is 1. The van der Waals surface area contributed by atoms with Gasteiger partial charge in [-0.15, -0.1) is 0 Å². The minimum absolute atomic E-state index is 0.0567. The molecule has 1 heterocycles. The molecule has 0 aliphatic carbocycles. The van der Waals surface area contributed by atoms with Gasteiger partial charge in [-0.05, 0) is 23.8 Å². The maximum atomic E-state index is 11.0. The second-order valence-corrected chi connectivity index (χ2v) is 2.81. The Labute approximate surface area is 78.8 Å². The Hall–Kier alpha value is -2.10. The number of ether oxygens (including phenoxy) is 1. The quantitative estimate of drug-likeness (QED) is 0.652. The molecule has 0 saturated carbocycles. The lowest BCUT2D eigenvalue weighted by Gasteiger charge is -2.03. The molecule has 4 nitrogen and oxygen atoms in total. The van der Waals surface area contributed by atoms with Crippen LogP contribution < -0.4 is 10.9 Å². The summed E-state index contributed by atoms with van der Waals surface area (Å²) < 4.78 is 4.78. The van der Waals surface area contributed by atoms with Crippen molar-refractivity contribution in [1.29, 1.82) is 0 Å². The van der Waals surface area contributed by atoms with Crippen molar-refractivity contribution in [2.75, 3.05) is 0 Å². The molecule has 1 aromatic carbocycles. The molecule has 70 valence electrons. The van der Waals surface area contributed by atoms with Crippen LogP contribution in [0.5, 0.6) is 5.75 Å². The van der Waals surface area contributed by atoms with Crippen molar-refractivity contribution in [1.82, 2.24) is 0 Å². The fourth-order valence-corrected chi connectivity index (χ4v) is 1.13. The molecular formula is C10H6O4. The summed E-state index contributed by atoms with van der Waals surface area (Å²) in [6.07, 6.45) is 7.56. The third kappa shape index (κ3) is 1.17. The smallest absolute Gasteiger partial charge is 0.268 e. The minimum Gasteiger partial charge on any atom is -0.504 e. The molecule has 0 atom stereocenters. The molecule has 2 rings (SSSR count). The number of rotatable bonds is 1. The zero-order valence-electron chi connectivity index (χ0n) is 7.06. The Morgan fingerprint density at radius 1 is 1.14 bits per heavy atom. The summed E-state index contributed by atoms with van der Waals surface area (Å²) in [4.78, 5) is 21.6. The van der Waals surface area contributed by atoms with Gasteiger partial charge in [0.1, 0.15) is 0 Å². The van der Waals surface area contributed by atoms with Gasteiger partial charge in [-0.25, -0.2) is 0 Å². The molecule has 1 N–H and O–H groups in total. The maximum Gasteiger partial charge on any atom is 0.268 e. The van der Waals surface area contributed by atoms with E-state index in [0.29, 0.717) is 5.57 Å². The fourth-order valence-electron chi connectivity index (χ4n) is 1.13. The van der Waals surface area contributed by atoms with Gasteiger partial charge in [0.25, 0.3) is 5.43 Å². The van der Waals surface area contributed by atoms with Crippen LogP contribution in [0.3, 0.4) is 0 Å². The van der Waals surface area contributed by atoms with E-state index in [4.69, 9.17) is 9.84 Å². The van der Waals surface area contributed by atoms with Crippen LogP contribution >= 0.6 is 0 Å². The second kappa shape index (κ2) is 2.99. The SMILES string of the molecule is O=c1c(O)c(C=C2C=COC=C2)c1=O. The summed E-state index contributed by atoms with van der Waals surface area (Å²) >= 11 is 0. The highest BCUT2D eigenvalue weighted by atomic mass is 16.5. The van der Waals surface area contributed by atoms with Gasteiger partial charge < -0.3 is 9.84 Å². The average molecular weight is 190 g/mol. The first-order chi connectivity index (χ1) is 6.70. The predicted octanol–water partition coefficient (Wildman–Crippen LogP) is 0.429. The molecule has 0 fully saturated rings. The highest BCUT2D eigenvalue weighted by molar-refractivity contribution is 5.66. The van der Waals surface area contributed by atoms with Gasteiger partial charge in [-0.1, -0.05) is 0 Å². The molecule has 0 spiro atoms. The molecule has 4 heteroatoms. The van der Waals surface area contributed by atoms with Gasteiger partial charge in [0.15, 0.2) is 5.75 Å². The van der Waals surface area contributed by atoms with E-state index in [1.54, 1.807) is 12.2 Å².